The van der Waals surface area contributed by atoms with E-state index in [9.17, 15) is 4.39 Å². The number of nitriles is 1. The van der Waals surface area contributed by atoms with Gasteiger partial charge in [-0.25, -0.2) is 4.39 Å². The second kappa shape index (κ2) is 6.70. The van der Waals surface area contributed by atoms with Crippen molar-refractivity contribution in [3.05, 3.63) is 24.0 Å². The zero-order valence-corrected chi connectivity index (χ0v) is 11.6. The first-order valence-corrected chi connectivity index (χ1v) is 6.74. The van der Waals surface area contributed by atoms with Crippen molar-refractivity contribution < 1.29 is 4.39 Å². The van der Waals surface area contributed by atoms with Crippen molar-refractivity contribution in [3.63, 3.8) is 0 Å². The van der Waals surface area contributed by atoms with Gasteiger partial charge >= 0.3 is 0 Å². The molecular weight excluding hydrogens is 271 g/mol. The van der Waals surface area contributed by atoms with E-state index in [-0.39, 0.29) is 11.5 Å². The zero-order valence-electron chi connectivity index (χ0n) is 11.6. The van der Waals surface area contributed by atoms with Crippen LogP contribution in [0.5, 0.6) is 0 Å². The number of anilines is 2. The van der Waals surface area contributed by atoms with Gasteiger partial charge in [0, 0.05) is 19.2 Å². The molecule has 0 aromatic heterocycles. The highest BCUT2D eigenvalue weighted by atomic mass is 19.1. The fourth-order valence-corrected chi connectivity index (χ4v) is 2.23. The van der Waals surface area contributed by atoms with Crippen molar-refractivity contribution in [2.45, 2.75) is 19.3 Å². The number of amidine groups is 1. The van der Waals surface area contributed by atoms with Crippen molar-refractivity contribution in [1.82, 2.24) is 0 Å². The Bertz CT molecular complexity index is 598. The molecule has 1 heterocycles. The third-order valence-corrected chi connectivity index (χ3v) is 3.30. The van der Waals surface area contributed by atoms with E-state index < -0.39 is 5.84 Å². The summed E-state index contributed by atoms with van der Waals surface area (Å²) in [5.41, 5.74) is 8.45. The summed E-state index contributed by atoms with van der Waals surface area (Å²) in [6, 6.07) is 6.39. The molecule has 0 aliphatic carbocycles. The van der Waals surface area contributed by atoms with Crippen LogP contribution in [0.15, 0.2) is 23.3 Å². The minimum Gasteiger partial charge on any atom is -0.382 e. The van der Waals surface area contributed by atoms with Crippen molar-refractivity contribution >= 4 is 22.9 Å². The lowest BCUT2D eigenvalue weighted by Crippen LogP contribution is -2.30. The van der Waals surface area contributed by atoms with Gasteiger partial charge in [0.15, 0.2) is 5.84 Å². The molecule has 0 atom stereocenters. The molecule has 4 N–H and O–H groups in total. The van der Waals surface area contributed by atoms with Gasteiger partial charge < -0.3 is 10.6 Å². The number of rotatable bonds is 4. The first kappa shape index (κ1) is 14.8. The molecule has 0 unspecified atom stereocenters. The number of nitrogens with one attached hydrogen (secondary N) is 2. The van der Waals surface area contributed by atoms with Crippen molar-refractivity contribution in [2.75, 3.05) is 23.4 Å². The van der Waals surface area contributed by atoms with Gasteiger partial charge in [0.1, 0.15) is 11.9 Å². The van der Waals surface area contributed by atoms with Crippen LogP contribution in [0.2, 0.25) is 0 Å². The van der Waals surface area contributed by atoms with Gasteiger partial charge in [0.05, 0.1) is 11.4 Å². The standard InChI is InChI=1S/C14H17FN6/c15-11-8-10(19-20-12(9-16)14(17)18)4-5-13(11)21-6-2-1-3-7-21/h4-5,8,19H,1-3,6-7H2,(H3,17,18)/b20-12+. The number of nitrogens with zero attached hydrogens (tertiary/aromatic N) is 3. The van der Waals surface area contributed by atoms with E-state index in [0.29, 0.717) is 11.4 Å². The Kier molecular flexibility index (Phi) is 4.72. The van der Waals surface area contributed by atoms with E-state index >= 15 is 0 Å². The van der Waals surface area contributed by atoms with Crippen LogP contribution < -0.4 is 16.1 Å². The number of piperidine rings is 1. The van der Waals surface area contributed by atoms with Crippen LogP contribution in [0, 0.1) is 22.6 Å². The molecule has 110 valence electrons. The lowest BCUT2D eigenvalue weighted by atomic mass is 10.1. The van der Waals surface area contributed by atoms with Crippen LogP contribution in [-0.2, 0) is 0 Å². The highest BCUT2D eigenvalue weighted by molar-refractivity contribution is 6.45. The Morgan fingerprint density at radius 2 is 2.10 bits per heavy atom. The normalized spacial score (nSPS) is 15.4. The Labute approximate surface area is 122 Å². The first-order chi connectivity index (χ1) is 10.1. The summed E-state index contributed by atoms with van der Waals surface area (Å²) in [5.74, 6) is -0.770. The fourth-order valence-electron chi connectivity index (χ4n) is 2.23. The summed E-state index contributed by atoms with van der Waals surface area (Å²) >= 11 is 0. The maximum Gasteiger partial charge on any atom is 0.201 e. The Morgan fingerprint density at radius 1 is 1.38 bits per heavy atom. The second-order valence-electron chi connectivity index (χ2n) is 4.81. The quantitative estimate of drug-likeness (QED) is 0.448. The highest BCUT2D eigenvalue weighted by Gasteiger charge is 2.14. The molecule has 1 aliphatic heterocycles. The van der Waals surface area contributed by atoms with E-state index in [1.165, 1.54) is 12.5 Å². The number of hydrogen-bond acceptors (Lipinski definition) is 5. The molecule has 1 aromatic carbocycles. The van der Waals surface area contributed by atoms with E-state index in [2.05, 4.69) is 10.5 Å². The van der Waals surface area contributed by atoms with Crippen LogP contribution >= 0.6 is 0 Å². The molecule has 0 amide bonds. The maximum absolute atomic E-state index is 14.1. The molecule has 1 saturated heterocycles. The van der Waals surface area contributed by atoms with Gasteiger partial charge in [-0.15, -0.1) is 0 Å². The Hall–Kier alpha value is -2.62. The molecular formula is C14H17FN6. The lowest BCUT2D eigenvalue weighted by Gasteiger charge is -2.29. The number of halogens is 1. The van der Waals surface area contributed by atoms with E-state index in [4.69, 9.17) is 16.4 Å². The van der Waals surface area contributed by atoms with Crippen LogP contribution in [0.25, 0.3) is 0 Å². The van der Waals surface area contributed by atoms with Crippen molar-refractivity contribution in [2.24, 2.45) is 10.8 Å². The summed E-state index contributed by atoms with van der Waals surface area (Å²) in [6.45, 7) is 1.73. The Balaban J connectivity index is 2.12. The SMILES string of the molecule is N#C/C(=N\Nc1ccc(N2CCCCC2)c(F)c1)C(=N)N. The predicted molar refractivity (Wildman–Crippen MR) is 81.0 cm³/mol. The molecule has 1 aliphatic rings. The minimum absolute atomic E-state index is 0.240. The fraction of sp³-hybridized carbons (Fsp3) is 0.357. The summed E-state index contributed by atoms with van der Waals surface area (Å²) in [7, 11) is 0. The van der Waals surface area contributed by atoms with E-state index in [0.717, 1.165) is 25.9 Å². The van der Waals surface area contributed by atoms with E-state index in [1.807, 2.05) is 4.90 Å². The molecule has 21 heavy (non-hydrogen) atoms. The first-order valence-electron chi connectivity index (χ1n) is 6.74. The third-order valence-electron chi connectivity index (χ3n) is 3.30. The summed E-state index contributed by atoms with van der Waals surface area (Å²) in [6.07, 6.45) is 3.34. The summed E-state index contributed by atoms with van der Waals surface area (Å²) < 4.78 is 14.1. The van der Waals surface area contributed by atoms with E-state index in [1.54, 1.807) is 18.2 Å². The smallest absolute Gasteiger partial charge is 0.201 e. The maximum atomic E-state index is 14.1. The van der Waals surface area contributed by atoms with Crippen LogP contribution in [0.1, 0.15) is 19.3 Å². The largest absolute Gasteiger partial charge is 0.382 e. The average molecular weight is 288 g/mol. The number of hydrogen-bond donors (Lipinski definition) is 3. The average Bonchev–Trinajstić information content (AvgIpc) is 2.48. The molecule has 7 heteroatoms. The van der Waals surface area contributed by atoms with Crippen LogP contribution in [0.4, 0.5) is 15.8 Å². The monoisotopic (exact) mass is 288 g/mol. The lowest BCUT2D eigenvalue weighted by molar-refractivity contribution is 0.557. The van der Waals surface area contributed by atoms with Crippen molar-refractivity contribution in [3.8, 4) is 6.07 Å². The van der Waals surface area contributed by atoms with Gasteiger partial charge in [-0.3, -0.25) is 10.8 Å². The molecule has 1 fully saturated rings. The van der Waals surface area contributed by atoms with Gasteiger partial charge in [0.25, 0.3) is 0 Å². The molecule has 6 nitrogen and oxygen atoms in total. The molecule has 2 rings (SSSR count). The third kappa shape index (κ3) is 3.69. The minimum atomic E-state index is -0.435. The summed E-state index contributed by atoms with van der Waals surface area (Å²) in [4.78, 5) is 2.03. The summed E-state index contributed by atoms with van der Waals surface area (Å²) in [5, 5.41) is 19.5. The highest BCUT2D eigenvalue weighted by Crippen LogP contribution is 2.25. The number of hydrazone groups is 1. The number of nitrogens with two attached hydrogens (primary N) is 1. The Morgan fingerprint density at radius 3 is 2.67 bits per heavy atom. The topological polar surface area (TPSA) is 101 Å². The molecule has 0 radical (unpaired) electrons. The zero-order chi connectivity index (χ0) is 15.2. The molecule has 0 bridgehead atoms. The molecule has 0 saturated carbocycles. The predicted octanol–water partition coefficient (Wildman–Crippen LogP) is 2.04. The van der Waals surface area contributed by atoms with Crippen molar-refractivity contribution in [1.29, 1.82) is 10.7 Å². The van der Waals surface area contributed by atoms with Crippen LogP contribution in [0.3, 0.4) is 0 Å². The molecule has 1 aromatic rings. The molecule has 0 spiro atoms. The van der Waals surface area contributed by atoms with Gasteiger partial charge in [0.2, 0.25) is 5.71 Å². The second-order valence-corrected chi connectivity index (χ2v) is 4.81. The van der Waals surface area contributed by atoms with Gasteiger partial charge in [-0.1, -0.05) is 0 Å². The van der Waals surface area contributed by atoms with Gasteiger partial charge in [-0.2, -0.15) is 10.4 Å². The van der Waals surface area contributed by atoms with Crippen LogP contribution in [-0.4, -0.2) is 24.6 Å². The van der Waals surface area contributed by atoms with Gasteiger partial charge in [-0.05, 0) is 31.4 Å². The number of benzene rings is 1.